The van der Waals surface area contributed by atoms with E-state index in [-0.39, 0.29) is 11.7 Å². The molecule has 0 aliphatic heterocycles. The number of carbonyl (C=O) groups is 1. The second kappa shape index (κ2) is 7.25. The van der Waals surface area contributed by atoms with Crippen LogP contribution in [0.4, 0.5) is 10.9 Å². The maximum atomic E-state index is 11.9. The lowest BCUT2D eigenvalue weighted by atomic mass is 10.4. The van der Waals surface area contributed by atoms with Crippen LogP contribution in [0.2, 0.25) is 0 Å². The quantitative estimate of drug-likeness (QED) is 0.476. The van der Waals surface area contributed by atoms with Crippen LogP contribution in [0.25, 0.3) is 0 Å². The van der Waals surface area contributed by atoms with Crippen molar-refractivity contribution in [2.45, 2.75) is 25.3 Å². The molecule has 1 saturated carbocycles. The molecule has 1 aromatic rings. The molecular weight excluding hydrogens is 276 g/mol. The van der Waals surface area contributed by atoms with Gasteiger partial charge in [-0.15, -0.1) is 6.58 Å². The summed E-state index contributed by atoms with van der Waals surface area (Å²) in [5, 5.41) is 6.73. The van der Waals surface area contributed by atoms with E-state index in [1.165, 1.54) is 11.3 Å². The molecule has 4 N–H and O–H groups in total. The van der Waals surface area contributed by atoms with Crippen molar-refractivity contribution in [1.82, 2.24) is 10.3 Å². The van der Waals surface area contributed by atoms with Gasteiger partial charge in [0.1, 0.15) is 10.7 Å². The van der Waals surface area contributed by atoms with Gasteiger partial charge >= 0.3 is 0 Å². The van der Waals surface area contributed by atoms with E-state index in [4.69, 9.17) is 10.5 Å². The van der Waals surface area contributed by atoms with Gasteiger partial charge in [-0.2, -0.15) is 0 Å². The molecule has 110 valence electrons. The number of nitrogens with zero attached hydrogens (tertiary/aromatic N) is 1. The molecule has 1 aliphatic carbocycles. The zero-order valence-electron chi connectivity index (χ0n) is 11.4. The van der Waals surface area contributed by atoms with Gasteiger partial charge in [0.15, 0.2) is 5.13 Å². The number of anilines is 2. The molecule has 1 fully saturated rings. The molecule has 0 unspecified atom stereocenters. The van der Waals surface area contributed by atoms with Crippen molar-refractivity contribution in [2.24, 2.45) is 0 Å². The smallest absolute Gasteiger partial charge is 0.265 e. The van der Waals surface area contributed by atoms with Crippen LogP contribution in [-0.2, 0) is 4.74 Å². The number of nitrogen functional groups attached to an aromatic ring is 1. The number of rotatable bonds is 9. The van der Waals surface area contributed by atoms with Gasteiger partial charge in [0, 0.05) is 12.6 Å². The van der Waals surface area contributed by atoms with E-state index >= 15 is 0 Å². The Morgan fingerprint density at radius 1 is 1.55 bits per heavy atom. The van der Waals surface area contributed by atoms with E-state index in [9.17, 15) is 4.79 Å². The summed E-state index contributed by atoms with van der Waals surface area (Å²) in [6, 6.07) is 0.495. The average molecular weight is 296 g/mol. The molecule has 7 heteroatoms. The number of hydrogen-bond acceptors (Lipinski definition) is 6. The zero-order valence-corrected chi connectivity index (χ0v) is 12.2. The summed E-state index contributed by atoms with van der Waals surface area (Å²) in [7, 11) is 0. The fourth-order valence-electron chi connectivity index (χ4n) is 1.54. The van der Waals surface area contributed by atoms with E-state index < -0.39 is 0 Å². The number of hydrogen-bond donors (Lipinski definition) is 3. The summed E-state index contributed by atoms with van der Waals surface area (Å²) in [5.74, 6) is 0.0828. The lowest BCUT2D eigenvalue weighted by molar-refractivity contribution is 0.0922. The third-order valence-electron chi connectivity index (χ3n) is 2.76. The standard InChI is InChI=1S/C13H20N4O2S/c1-2-3-7-19-8-6-15-12(18)10-11(14)17-13(20-10)16-9-4-5-9/h2,9H,1,3-8,14H2,(H,15,18)(H,16,17). The molecule has 1 aromatic heterocycles. The van der Waals surface area contributed by atoms with Crippen LogP contribution in [0.15, 0.2) is 12.7 Å². The molecular formula is C13H20N4O2S. The highest BCUT2D eigenvalue weighted by molar-refractivity contribution is 7.18. The zero-order chi connectivity index (χ0) is 14.4. The Morgan fingerprint density at radius 3 is 3.05 bits per heavy atom. The van der Waals surface area contributed by atoms with Gasteiger partial charge in [0.05, 0.1) is 13.2 Å². The number of carbonyl (C=O) groups excluding carboxylic acids is 1. The van der Waals surface area contributed by atoms with Crippen molar-refractivity contribution in [3.05, 3.63) is 17.5 Å². The minimum atomic E-state index is -0.198. The van der Waals surface area contributed by atoms with Crippen LogP contribution in [0, 0.1) is 0 Å². The molecule has 0 atom stereocenters. The first kappa shape index (κ1) is 14.8. The van der Waals surface area contributed by atoms with Crippen molar-refractivity contribution >= 4 is 28.2 Å². The molecule has 20 heavy (non-hydrogen) atoms. The lowest BCUT2D eigenvalue weighted by Crippen LogP contribution is -2.27. The number of nitrogens with one attached hydrogen (secondary N) is 2. The molecule has 1 heterocycles. The second-order valence-electron chi connectivity index (χ2n) is 4.60. The Labute approximate surface area is 122 Å². The minimum Gasteiger partial charge on any atom is -0.382 e. The maximum Gasteiger partial charge on any atom is 0.265 e. The molecule has 0 radical (unpaired) electrons. The summed E-state index contributed by atoms with van der Waals surface area (Å²) in [6.07, 6.45) is 4.92. The van der Waals surface area contributed by atoms with Crippen LogP contribution in [-0.4, -0.2) is 36.7 Å². The lowest BCUT2D eigenvalue weighted by Gasteiger charge is -2.04. The summed E-state index contributed by atoms with van der Waals surface area (Å²) < 4.78 is 5.31. The molecule has 0 saturated heterocycles. The third-order valence-corrected chi connectivity index (χ3v) is 3.76. The van der Waals surface area contributed by atoms with Crippen LogP contribution in [0.1, 0.15) is 28.9 Å². The third kappa shape index (κ3) is 4.50. The Hall–Kier alpha value is -1.60. The first-order valence-electron chi connectivity index (χ1n) is 6.70. The van der Waals surface area contributed by atoms with Crippen molar-refractivity contribution < 1.29 is 9.53 Å². The van der Waals surface area contributed by atoms with Crippen molar-refractivity contribution in [1.29, 1.82) is 0 Å². The summed E-state index contributed by atoms with van der Waals surface area (Å²) in [6.45, 7) is 5.17. The van der Waals surface area contributed by atoms with Crippen molar-refractivity contribution in [3.63, 3.8) is 0 Å². The highest BCUT2D eigenvalue weighted by Crippen LogP contribution is 2.30. The fourth-order valence-corrected chi connectivity index (χ4v) is 2.42. The number of amides is 1. The minimum absolute atomic E-state index is 0.198. The van der Waals surface area contributed by atoms with Crippen LogP contribution in [0.5, 0.6) is 0 Å². The first-order chi connectivity index (χ1) is 9.70. The van der Waals surface area contributed by atoms with E-state index in [1.807, 2.05) is 0 Å². The molecule has 6 nitrogen and oxygen atoms in total. The number of thiazole rings is 1. The number of aromatic nitrogens is 1. The van der Waals surface area contributed by atoms with Crippen LogP contribution >= 0.6 is 11.3 Å². The van der Waals surface area contributed by atoms with E-state index in [0.29, 0.717) is 30.7 Å². The van der Waals surface area contributed by atoms with Gasteiger partial charge in [-0.3, -0.25) is 4.79 Å². The van der Waals surface area contributed by atoms with Gasteiger partial charge in [-0.1, -0.05) is 17.4 Å². The van der Waals surface area contributed by atoms with Gasteiger partial charge in [0.25, 0.3) is 5.91 Å². The molecule has 2 rings (SSSR count). The second-order valence-corrected chi connectivity index (χ2v) is 5.60. The van der Waals surface area contributed by atoms with E-state index in [0.717, 1.165) is 24.4 Å². The Morgan fingerprint density at radius 2 is 2.35 bits per heavy atom. The maximum absolute atomic E-state index is 11.9. The largest absolute Gasteiger partial charge is 0.382 e. The number of ether oxygens (including phenoxy) is 1. The highest BCUT2D eigenvalue weighted by Gasteiger charge is 2.24. The molecule has 0 spiro atoms. The number of nitrogens with two attached hydrogens (primary N) is 1. The van der Waals surface area contributed by atoms with Gasteiger partial charge < -0.3 is 21.1 Å². The fraction of sp³-hybridized carbons (Fsp3) is 0.538. The predicted molar refractivity (Wildman–Crippen MR) is 81.1 cm³/mol. The predicted octanol–water partition coefficient (Wildman–Crippen LogP) is 1.62. The molecule has 0 aromatic carbocycles. The summed E-state index contributed by atoms with van der Waals surface area (Å²) in [5.41, 5.74) is 5.76. The molecule has 1 aliphatic rings. The monoisotopic (exact) mass is 296 g/mol. The van der Waals surface area contributed by atoms with Crippen molar-refractivity contribution in [2.75, 3.05) is 30.8 Å². The molecule has 1 amide bonds. The highest BCUT2D eigenvalue weighted by atomic mass is 32.1. The van der Waals surface area contributed by atoms with E-state index in [2.05, 4.69) is 22.2 Å². The average Bonchev–Trinajstić information content (AvgIpc) is 3.15. The summed E-state index contributed by atoms with van der Waals surface area (Å²) in [4.78, 5) is 16.6. The van der Waals surface area contributed by atoms with Crippen LogP contribution < -0.4 is 16.4 Å². The molecule has 0 bridgehead atoms. The SMILES string of the molecule is C=CCCOCCNC(=O)c1sc(NC2CC2)nc1N. The normalized spacial score (nSPS) is 14.0. The van der Waals surface area contributed by atoms with E-state index in [1.54, 1.807) is 6.08 Å². The van der Waals surface area contributed by atoms with Crippen LogP contribution in [0.3, 0.4) is 0 Å². The van der Waals surface area contributed by atoms with Crippen molar-refractivity contribution in [3.8, 4) is 0 Å². The Kier molecular flexibility index (Phi) is 5.37. The summed E-state index contributed by atoms with van der Waals surface area (Å²) >= 11 is 1.29. The first-order valence-corrected chi connectivity index (χ1v) is 7.52. The topological polar surface area (TPSA) is 89.3 Å². The Balaban J connectivity index is 1.73. The van der Waals surface area contributed by atoms with Gasteiger partial charge in [-0.05, 0) is 19.3 Å². The van der Waals surface area contributed by atoms with Gasteiger partial charge in [-0.25, -0.2) is 4.98 Å². The Bertz CT molecular complexity index is 471. The van der Waals surface area contributed by atoms with Gasteiger partial charge in [0.2, 0.25) is 0 Å².